The van der Waals surface area contributed by atoms with Crippen LogP contribution in [0, 0.1) is 0 Å². The van der Waals surface area contributed by atoms with Gasteiger partial charge in [-0.05, 0) is 31.2 Å². The van der Waals surface area contributed by atoms with E-state index in [9.17, 15) is 9.90 Å². The molecule has 110 valence electrons. The maximum atomic E-state index is 12.5. The van der Waals surface area contributed by atoms with E-state index in [1.807, 2.05) is 30.3 Å². The van der Waals surface area contributed by atoms with Gasteiger partial charge in [-0.25, -0.2) is 0 Å². The number of benzene rings is 2. The van der Waals surface area contributed by atoms with Crippen molar-refractivity contribution < 1.29 is 9.90 Å². The predicted octanol–water partition coefficient (Wildman–Crippen LogP) is 4.00. The van der Waals surface area contributed by atoms with Crippen molar-refractivity contribution in [3.63, 3.8) is 0 Å². The second kappa shape index (κ2) is 5.40. The number of aromatic hydroxyl groups is 1. The molecule has 1 fully saturated rings. The van der Waals surface area contributed by atoms with Crippen LogP contribution in [0.1, 0.15) is 49.4 Å². The lowest BCUT2D eigenvalue weighted by Gasteiger charge is -2.34. The molecule has 2 aromatic rings. The first-order valence-corrected chi connectivity index (χ1v) is 7.62. The highest BCUT2D eigenvalue weighted by molar-refractivity contribution is 6.03. The van der Waals surface area contributed by atoms with E-state index in [0.717, 1.165) is 36.5 Å². The SMILES string of the molecule is CC1(NC(=O)c2ccc3ccccc3c2O)CCCCC1. The Morgan fingerprint density at radius 1 is 1.10 bits per heavy atom. The first-order chi connectivity index (χ1) is 10.1. The van der Waals surface area contributed by atoms with Crippen molar-refractivity contribution in [2.45, 2.75) is 44.6 Å². The third-order valence-corrected chi connectivity index (χ3v) is 4.52. The summed E-state index contributed by atoms with van der Waals surface area (Å²) in [6, 6.07) is 11.1. The van der Waals surface area contributed by atoms with Gasteiger partial charge in [0.1, 0.15) is 5.75 Å². The smallest absolute Gasteiger partial charge is 0.255 e. The van der Waals surface area contributed by atoms with Crippen LogP contribution < -0.4 is 5.32 Å². The Bertz CT molecular complexity index is 672. The van der Waals surface area contributed by atoms with Crippen LogP contribution in [0.15, 0.2) is 36.4 Å². The molecule has 3 heteroatoms. The Hall–Kier alpha value is -2.03. The van der Waals surface area contributed by atoms with E-state index in [-0.39, 0.29) is 17.2 Å². The van der Waals surface area contributed by atoms with Gasteiger partial charge in [0.25, 0.3) is 5.91 Å². The Kier molecular flexibility index (Phi) is 3.58. The lowest BCUT2D eigenvalue weighted by Crippen LogP contribution is -2.47. The molecule has 2 aromatic carbocycles. The Morgan fingerprint density at radius 2 is 1.81 bits per heavy atom. The summed E-state index contributed by atoms with van der Waals surface area (Å²) < 4.78 is 0. The summed E-state index contributed by atoms with van der Waals surface area (Å²) in [5.41, 5.74) is 0.216. The third-order valence-electron chi connectivity index (χ3n) is 4.52. The van der Waals surface area contributed by atoms with Gasteiger partial charge in [0.2, 0.25) is 0 Å². The van der Waals surface area contributed by atoms with E-state index in [1.165, 1.54) is 6.42 Å². The zero-order valence-corrected chi connectivity index (χ0v) is 12.4. The number of rotatable bonds is 2. The van der Waals surface area contributed by atoms with E-state index in [1.54, 1.807) is 6.07 Å². The molecule has 0 heterocycles. The normalized spacial score (nSPS) is 17.6. The summed E-state index contributed by atoms with van der Waals surface area (Å²) in [5.74, 6) is -0.104. The lowest BCUT2D eigenvalue weighted by molar-refractivity contribution is 0.0880. The van der Waals surface area contributed by atoms with E-state index in [0.29, 0.717) is 5.56 Å². The molecule has 0 unspecified atom stereocenters. The quantitative estimate of drug-likeness (QED) is 0.875. The van der Waals surface area contributed by atoms with Gasteiger partial charge in [-0.1, -0.05) is 49.6 Å². The highest BCUT2D eigenvalue weighted by atomic mass is 16.3. The summed E-state index contributed by atoms with van der Waals surface area (Å²) >= 11 is 0. The molecule has 3 rings (SSSR count). The third kappa shape index (κ3) is 2.73. The molecular formula is C18H21NO2. The van der Waals surface area contributed by atoms with E-state index in [2.05, 4.69) is 12.2 Å². The van der Waals surface area contributed by atoms with Crippen LogP contribution in [0.2, 0.25) is 0 Å². The summed E-state index contributed by atoms with van der Waals surface area (Å²) in [6.45, 7) is 2.10. The molecule has 1 saturated carbocycles. The van der Waals surface area contributed by atoms with Gasteiger partial charge in [0.05, 0.1) is 5.56 Å². The molecule has 0 bridgehead atoms. The number of fused-ring (bicyclic) bond motifs is 1. The fourth-order valence-electron chi connectivity index (χ4n) is 3.24. The Labute approximate surface area is 125 Å². The fraction of sp³-hybridized carbons (Fsp3) is 0.389. The number of amides is 1. The van der Waals surface area contributed by atoms with Crippen molar-refractivity contribution in [1.29, 1.82) is 0 Å². The molecule has 2 N–H and O–H groups in total. The van der Waals surface area contributed by atoms with Crippen molar-refractivity contribution >= 4 is 16.7 Å². The minimum Gasteiger partial charge on any atom is -0.506 e. The maximum Gasteiger partial charge on any atom is 0.255 e. The zero-order chi connectivity index (χ0) is 14.9. The second-order valence-electron chi connectivity index (χ2n) is 6.26. The largest absolute Gasteiger partial charge is 0.506 e. The van der Waals surface area contributed by atoms with Crippen molar-refractivity contribution in [1.82, 2.24) is 5.32 Å². The molecule has 1 amide bonds. The molecule has 1 aliphatic rings. The van der Waals surface area contributed by atoms with Crippen LogP contribution >= 0.6 is 0 Å². The maximum absolute atomic E-state index is 12.5. The van der Waals surface area contributed by atoms with Gasteiger partial charge in [0.15, 0.2) is 0 Å². The molecular weight excluding hydrogens is 262 g/mol. The van der Waals surface area contributed by atoms with Crippen LogP contribution in [-0.2, 0) is 0 Å². The van der Waals surface area contributed by atoms with Gasteiger partial charge in [0, 0.05) is 10.9 Å². The number of carbonyl (C=O) groups is 1. The average Bonchev–Trinajstić information content (AvgIpc) is 2.48. The Morgan fingerprint density at radius 3 is 2.57 bits per heavy atom. The molecule has 0 spiro atoms. The van der Waals surface area contributed by atoms with Gasteiger partial charge in [-0.2, -0.15) is 0 Å². The number of hydrogen-bond donors (Lipinski definition) is 2. The van der Waals surface area contributed by atoms with Crippen LogP contribution in [0.4, 0.5) is 0 Å². The molecule has 0 atom stereocenters. The minimum atomic E-state index is -0.178. The average molecular weight is 283 g/mol. The highest BCUT2D eigenvalue weighted by Crippen LogP contribution is 2.31. The number of phenols is 1. The zero-order valence-electron chi connectivity index (χ0n) is 12.4. The van der Waals surface area contributed by atoms with E-state index < -0.39 is 0 Å². The fourth-order valence-corrected chi connectivity index (χ4v) is 3.24. The van der Waals surface area contributed by atoms with Crippen LogP contribution in [0.25, 0.3) is 10.8 Å². The summed E-state index contributed by atoms with van der Waals surface area (Å²) in [4.78, 5) is 12.5. The van der Waals surface area contributed by atoms with E-state index in [4.69, 9.17) is 0 Å². The molecule has 1 aliphatic carbocycles. The van der Waals surface area contributed by atoms with Crippen molar-refractivity contribution in [2.75, 3.05) is 0 Å². The second-order valence-corrected chi connectivity index (χ2v) is 6.26. The first kappa shape index (κ1) is 13.9. The van der Waals surface area contributed by atoms with Crippen molar-refractivity contribution in [3.05, 3.63) is 42.0 Å². The molecule has 0 radical (unpaired) electrons. The van der Waals surface area contributed by atoms with Crippen LogP contribution in [-0.4, -0.2) is 16.6 Å². The standard InChI is InChI=1S/C18H21NO2/c1-18(11-5-2-6-12-18)19-17(21)15-10-9-13-7-3-4-8-14(13)16(15)20/h3-4,7-10,20H,2,5-6,11-12H2,1H3,(H,19,21). The molecule has 21 heavy (non-hydrogen) atoms. The highest BCUT2D eigenvalue weighted by Gasteiger charge is 2.29. The Balaban J connectivity index is 1.89. The van der Waals surface area contributed by atoms with Crippen LogP contribution in [0.3, 0.4) is 0 Å². The van der Waals surface area contributed by atoms with E-state index >= 15 is 0 Å². The topological polar surface area (TPSA) is 49.3 Å². The molecule has 3 nitrogen and oxygen atoms in total. The molecule has 0 aliphatic heterocycles. The monoisotopic (exact) mass is 283 g/mol. The van der Waals surface area contributed by atoms with Crippen LogP contribution in [0.5, 0.6) is 5.75 Å². The number of carbonyl (C=O) groups excluding carboxylic acids is 1. The molecule has 0 aromatic heterocycles. The summed E-state index contributed by atoms with van der Waals surface area (Å²) in [6.07, 6.45) is 5.56. The summed E-state index contributed by atoms with van der Waals surface area (Å²) in [7, 11) is 0. The van der Waals surface area contributed by atoms with Gasteiger partial charge in [-0.15, -0.1) is 0 Å². The van der Waals surface area contributed by atoms with Gasteiger partial charge < -0.3 is 10.4 Å². The first-order valence-electron chi connectivity index (χ1n) is 7.62. The number of phenolic OH excluding ortho intramolecular Hbond substituents is 1. The van der Waals surface area contributed by atoms with Crippen molar-refractivity contribution in [3.8, 4) is 5.75 Å². The van der Waals surface area contributed by atoms with Gasteiger partial charge in [-0.3, -0.25) is 4.79 Å². The van der Waals surface area contributed by atoms with Crippen molar-refractivity contribution in [2.24, 2.45) is 0 Å². The summed E-state index contributed by atoms with van der Waals surface area (Å²) in [5, 5.41) is 15.2. The number of hydrogen-bond acceptors (Lipinski definition) is 2. The minimum absolute atomic E-state index is 0.0741. The lowest BCUT2D eigenvalue weighted by atomic mass is 9.83. The predicted molar refractivity (Wildman–Crippen MR) is 84.6 cm³/mol. The van der Waals surface area contributed by atoms with Gasteiger partial charge >= 0.3 is 0 Å². The molecule has 0 saturated heterocycles. The number of nitrogens with one attached hydrogen (secondary N) is 1.